The van der Waals surface area contributed by atoms with E-state index in [2.05, 4.69) is 18.4 Å². The minimum atomic E-state index is -5.02. The summed E-state index contributed by atoms with van der Waals surface area (Å²) in [6, 6.07) is 0. The van der Waals surface area contributed by atoms with E-state index in [1.807, 2.05) is 0 Å². The number of aliphatic hydroxyl groups excluding tert-OH is 1. The van der Waals surface area contributed by atoms with Crippen LogP contribution in [0.1, 0.15) is 194 Å². The van der Waals surface area contributed by atoms with E-state index in [-0.39, 0.29) is 12.8 Å². The van der Waals surface area contributed by atoms with Crippen LogP contribution in [0.5, 0.6) is 0 Å². The van der Waals surface area contributed by atoms with Crippen molar-refractivity contribution in [3.8, 4) is 0 Å². The number of phosphoric ester groups is 1. The van der Waals surface area contributed by atoms with Gasteiger partial charge in [-0.3, -0.25) is 14.1 Å². The van der Waals surface area contributed by atoms with Gasteiger partial charge in [0.15, 0.2) is 23.3 Å². The first-order valence-corrected chi connectivity index (χ1v) is 19.8. The van der Waals surface area contributed by atoms with Crippen molar-refractivity contribution >= 4 is 19.4 Å². The Morgan fingerprint density at radius 3 is 1.18 bits per heavy atom. The van der Waals surface area contributed by atoms with Crippen LogP contribution < -0.4 is 0 Å². The van der Waals surface area contributed by atoms with Crippen LogP contribution >= 0.6 is 7.82 Å². The number of phosphoric acid groups is 1. The fourth-order valence-corrected chi connectivity index (χ4v) is 6.10. The number of Topliss-reactive ketones (excluding diaryl/α,β-unsaturated/α-hetero) is 2. The largest absolute Gasteiger partial charge is 0.469 e. The number of ketones is 2. The van der Waals surface area contributed by atoms with Crippen LogP contribution in [0.3, 0.4) is 0 Å². The van der Waals surface area contributed by atoms with Crippen LogP contribution in [-0.2, 0) is 18.7 Å². The highest BCUT2D eigenvalue weighted by atomic mass is 31.2. The predicted octanol–water partition coefficient (Wildman–Crippen LogP) is 9.29. The molecule has 0 rings (SSSR count). The Bertz CT molecular complexity index is 740. The maximum Gasteiger partial charge on any atom is 0.469 e. The SMILES string of the molecule is CCCCCCCCCCCCCCCCCC(=O)C(O)(COP(=O)(O)O)C(O)C(=O)CCCCCCCCCCCCC. The molecular weight excluding hydrogens is 579 g/mol. The highest BCUT2D eigenvalue weighted by molar-refractivity contribution is 7.46. The zero-order chi connectivity index (χ0) is 32.9. The Hall–Kier alpha value is -0.630. The van der Waals surface area contributed by atoms with Crippen LogP contribution in [0.4, 0.5) is 0 Å². The average Bonchev–Trinajstić information content (AvgIpc) is 2.99. The molecule has 0 aromatic heterocycles. The quantitative estimate of drug-likeness (QED) is 0.0400. The minimum absolute atomic E-state index is 0.0113. The van der Waals surface area contributed by atoms with Gasteiger partial charge in [0.25, 0.3) is 0 Å². The Morgan fingerprint density at radius 2 is 0.864 bits per heavy atom. The highest BCUT2D eigenvalue weighted by Gasteiger charge is 2.47. The second-order valence-electron chi connectivity index (χ2n) is 13.0. The Labute approximate surface area is 269 Å². The van der Waals surface area contributed by atoms with Gasteiger partial charge in [-0.1, -0.05) is 168 Å². The average molecular weight is 649 g/mol. The molecule has 0 amide bonds. The van der Waals surface area contributed by atoms with E-state index in [0.717, 1.165) is 51.4 Å². The van der Waals surface area contributed by atoms with E-state index in [1.54, 1.807) is 0 Å². The standard InChI is InChI=1S/C35H69O8P/c1-3-5-7-9-11-13-15-16-17-18-20-22-24-26-28-30-33(37)35(39,31-43-44(40,41)42)34(38)32(36)29-27-25-23-21-19-14-12-10-8-6-4-2/h34,38-39H,3-31H2,1-2H3,(H2,40,41,42). The first-order valence-electron chi connectivity index (χ1n) is 18.2. The van der Waals surface area contributed by atoms with Crippen molar-refractivity contribution in [1.82, 2.24) is 0 Å². The number of aliphatic hydroxyl groups is 2. The summed E-state index contributed by atoms with van der Waals surface area (Å²) in [5.74, 6) is -1.52. The molecule has 0 radical (unpaired) electrons. The van der Waals surface area contributed by atoms with E-state index in [9.17, 15) is 24.4 Å². The van der Waals surface area contributed by atoms with Gasteiger partial charge in [-0.15, -0.1) is 0 Å². The molecule has 0 aliphatic carbocycles. The van der Waals surface area contributed by atoms with Gasteiger partial charge in [-0.2, -0.15) is 0 Å². The van der Waals surface area contributed by atoms with Crippen LogP contribution in [0.2, 0.25) is 0 Å². The number of hydrogen-bond donors (Lipinski definition) is 4. The lowest BCUT2D eigenvalue weighted by atomic mass is 9.85. The normalized spacial score (nSPS) is 14.0. The molecule has 0 aromatic rings. The van der Waals surface area contributed by atoms with Gasteiger partial charge in [0.1, 0.15) is 0 Å². The summed E-state index contributed by atoms with van der Waals surface area (Å²) in [6.07, 6.45) is 27.5. The van der Waals surface area contributed by atoms with Crippen molar-refractivity contribution in [2.45, 2.75) is 205 Å². The fraction of sp³-hybridized carbons (Fsp3) is 0.943. The minimum Gasteiger partial charge on any atom is -0.382 e. The molecular formula is C35H69O8P. The number of rotatable bonds is 34. The smallest absolute Gasteiger partial charge is 0.382 e. The number of unbranched alkanes of at least 4 members (excludes halogenated alkanes) is 24. The van der Waals surface area contributed by atoms with Gasteiger partial charge in [-0.25, -0.2) is 4.57 Å². The third kappa shape index (κ3) is 24.6. The zero-order valence-electron chi connectivity index (χ0n) is 28.5. The molecule has 44 heavy (non-hydrogen) atoms. The van der Waals surface area contributed by atoms with Crippen LogP contribution in [0.15, 0.2) is 0 Å². The second-order valence-corrected chi connectivity index (χ2v) is 14.2. The first kappa shape index (κ1) is 43.4. The summed E-state index contributed by atoms with van der Waals surface area (Å²) in [5.41, 5.74) is -2.67. The summed E-state index contributed by atoms with van der Waals surface area (Å²) in [6.45, 7) is 3.32. The predicted molar refractivity (Wildman–Crippen MR) is 180 cm³/mol. The Morgan fingerprint density at radius 1 is 0.568 bits per heavy atom. The molecule has 0 spiro atoms. The number of carbonyl (C=O) groups is 2. The lowest BCUT2D eigenvalue weighted by Crippen LogP contribution is -2.56. The van der Waals surface area contributed by atoms with Crippen molar-refractivity contribution in [2.24, 2.45) is 0 Å². The Balaban J connectivity index is 4.30. The third-order valence-corrected chi connectivity index (χ3v) is 9.19. The molecule has 0 heterocycles. The summed E-state index contributed by atoms with van der Waals surface area (Å²) in [7, 11) is -5.02. The van der Waals surface area contributed by atoms with E-state index in [1.165, 1.54) is 103 Å². The molecule has 0 aliphatic rings. The van der Waals surface area contributed by atoms with E-state index >= 15 is 0 Å². The third-order valence-electron chi connectivity index (χ3n) is 8.73. The topological polar surface area (TPSA) is 141 Å². The first-order chi connectivity index (χ1) is 21.1. The molecule has 0 saturated carbocycles. The zero-order valence-corrected chi connectivity index (χ0v) is 29.3. The lowest BCUT2D eigenvalue weighted by molar-refractivity contribution is -0.165. The van der Waals surface area contributed by atoms with E-state index in [4.69, 9.17) is 9.79 Å². The number of hydrogen-bond acceptors (Lipinski definition) is 6. The van der Waals surface area contributed by atoms with Gasteiger partial charge >= 0.3 is 7.82 Å². The molecule has 2 atom stereocenters. The molecule has 0 aromatic carbocycles. The summed E-state index contributed by atoms with van der Waals surface area (Å²) in [4.78, 5) is 43.8. The van der Waals surface area contributed by atoms with Gasteiger partial charge in [0, 0.05) is 12.8 Å². The van der Waals surface area contributed by atoms with Gasteiger partial charge in [-0.05, 0) is 12.8 Å². The van der Waals surface area contributed by atoms with Gasteiger partial charge < -0.3 is 20.0 Å². The highest BCUT2D eigenvalue weighted by Crippen LogP contribution is 2.38. The van der Waals surface area contributed by atoms with Crippen LogP contribution in [0.25, 0.3) is 0 Å². The number of carbonyl (C=O) groups excluding carboxylic acids is 2. The molecule has 0 saturated heterocycles. The fourth-order valence-electron chi connectivity index (χ4n) is 5.73. The van der Waals surface area contributed by atoms with Crippen molar-refractivity contribution in [3.05, 3.63) is 0 Å². The summed E-state index contributed by atoms with van der Waals surface area (Å²) >= 11 is 0. The van der Waals surface area contributed by atoms with Crippen molar-refractivity contribution in [3.63, 3.8) is 0 Å². The lowest BCUT2D eigenvalue weighted by Gasteiger charge is -2.30. The van der Waals surface area contributed by atoms with Crippen molar-refractivity contribution in [2.75, 3.05) is 6.61 Å². The van der Waals surface area contributed by atoms with Crippen molar-refractivity contribution in [1.29, 1.82) is 0 Å². The molecule has 0 bridgehead atoms. The Kier molecular flexibility index (Phi) is 28.2. The van der Waals surface area contributed by atoms with Crippen LogP contribution in [0, 0.1) is 0 Å². The maximum atomic E-state index is 12.9. The van der Waals surface area contributed by atoms with Gasteiger partial charge in [0.05, 0.1) is 6.61 Å². The van der Waals surface area contributed by atoms with Crippen LogP contribution in [-0.4, -0.2) is 49.9 Å². The summed E-state index contributed by atoms with van der Waals surface area (Å²) < 4.78 is 15.7. The molecule has 8 nitrogen and oxygen atoms in total. The monoisotopic (exact) mass is 648 g/mol. The second kappa shape index (κ2) is 28.6. The van der Waals surface area contributed by atoms with Gasteiger partial charge in [0.2, 0.25) is 0 Å². The molecule has 4 N–H and O–H groups in total. The summed E-state index contributed by atoms with van der Waals surface area (Å²) in [5, 5.41) is 21.6. The molecule has 9 heteroatoms. The van der Waals surface area contributed by atoms with E-state index < -0.39 is 37.7 Å². The molecule has 2 unspecified atom stereocenters. The molecule has 0 aliphatic heterocycles. The maximum absolute atomic E-state index is 12.9. The van der Waals surface area contributed by atoms with E-state index in [0.29, 0.717) is 12.8 Å². The molecule has 0 fully saturated rings. The molecule has 262 valence electrons. The van der Waals surface area contributed by atoms with Crippen molar-refractivity contribution < 1.29 is 38.7 Å².